The lowest BCUT2D eigenvalue weighted by atomic mass is 10.1. The first-order valence-electron chi connectivity index (χ1n) is 9.53. The molecule has 0 atom stereocenters. The zero-order valence-corrected chi connectivity index (χ0v) is 17.4. The van der Waals surface area contributed by atoms with Crippen molar-refractivity contribution in [2.75, 3.05) is 18.4 Å². The second kappa shape index (κ2) is 10.6. The van der Waals surface area contributed by atoms with Gasteiger partial charge in [-0.1, -0.05) is 31.5 Å². The quantitative estimate of drug-likeness (QED) is 0.681. The Morgan fingerprint density at radius 1 is 0.893 bits per heavy atom. The predicted molar refractivity (Wildman–Crippen MR) is 118 cm³/mol. The second-order valence-electron chi connectivity index (χ2n) is 6.64. The summed E-state index contributed by atoms with van der Waals surface area (Å²) in [6, 6.07) is 14.4. The number of rotatable bonds is 7. The lowest BCUT2D eigenvalue weighted by Crippen LogP contribution is -2.34. The first-order chi connectivity index (χ1) is 13.4. The number of hydrogen-bond donors (Lipinski definition) is 2. The van der Waals surface area contributed by atoms with Crippen LogP contribution in [0.15, 0.2) is 48.5 Å². The zero-order chi connectivity index (χ0) is 20.5. The van der Waals surface area contributed by atoms with E-state index < -0.39 is 0 Å². The van der Waals surface area contributed by atoms with Crippen LogP contribution in [0.25, 0.3) is 0 Å². The van der Waals surface area contributed by atoms with E-state index in [1.165, 1.54) is 0 Å². The van der Waals surface area contributed by atoms with Gasteiger partial charge in [0.25, 0.3) is 11.8 Å². The van der Waals surface area contributed by atoms with Gasteiger partial charge in [-0.2, -0.15) is 0 Å². The first-order valence-corrected chi connectivity index (χ1v) is 9.93. The number of nitrogens with zero attached hydrogens (tertiary/aromatic N) is 1. The van der Waals surface area contributed by atoms with E-state index in [9.17, 15) is 9.59 Å². The molecule has 0 radical (unpaired) electrons. The molecule has 2 aromatic rings. The average molecular weight is 398 g/mol. The van der Waals surface area contributed by atoms with Crippen molar-refractivity contribution in [1.29, 1.82) is 0 Å². The topological polar surface area (TPSA) is 61.4 Å². The van der Waals surface area contributed by atoms with Crippen molar-refractivity contribution in [3.8, 4) is 0 Å². The van der Waals surface area contributed by atoms with Crippen LogP contribution in [0.4, 0.5) is 5.69 Å². The van der Waals surface area contributed by atoms with Crippen LogP contribution in [0.1, 0.15) is 53.0 Å². The summed E-state index contributed by atoms with van der Waals surface area (Å²) in [5.74, 6) is -0.232. The van der Waals surface area contributed by atoms with E-state index in [1.54, 1.807) is 36.4 Å². The molecule has 2 aromatic carbocycles. The Kier molecular flexibility index (Phi) is 8.14. The summed E-state index contributed by atoms with van der Waals surface area (Å²) in [7, 11) is 0. The summed E-state index contributed by atoms with van der Waals surface area (Å²) in [4.78, 5) is 26.7. The molecule has 0 heterocycles. The summed E-state index contributed by atoms with van der Waals surface area (Å²) in [5, 5.41) is 5.85. The molecule has 0 aliphatic heterocycles. The van der Waals surface area contributed by atoms with Crippen LogP contribution in [0.3, 0.4) is 0 Å². The van der Waals surface area contributed by atoms with Crippen molar-refractivity contribution in [2.24, 2.45) is 0 Å². The molecule has 0 saturated carbocycles. The van der Waals surface area contributed by atoms with E-state index in [2.05, 4.69) is 24.5 Å². The summed E-state index contributed by atoms with van der Waals surface area (Å²) >= 11 is 5.21. The molecule has 148 valence electrons. The molecule has 2 amide bonds. The molecule has 0 unspecified atom stereocenters. The molecule has 0 aliphatic rings. The summed E-state index contributed by atoms with van der Waals surface area (Å²) in [5.41, 5.74) is 2.98. The van der Waals surface area contributed by atoms with Crippen LogP contribution in [0.2, 0.25) is 0 Å². The zero-order valence-electron chi connectivity index (χ0n) is 16.6. The maximum absolute atomic E-state index is 12.6. The minimum atomic E-state index is -0.265. The van der Waals surface area contributed by atoms with Gasteiger partial charge >= 0.3 is 0 Å². The molecule has 0 aromatic heterocycles. The van der Waals surface area contributed by atoms with Gasteiger partial charge in [-0.05, 0) is 68.4 Å². The van der Waals surface area contributed by atoms with Crippen molar-refractivity contribution in [3.63, 3.8) is 0 Å². The van der Waals surface area contributed by atoms with E-state index in [0.29, 0.717) is 16.8 Å². The molecule has 6 heteroatoms. The third kappa shape index (κ3) is 6.16. The lowest BCUT2D eigenvalue weighted by Gasteiger charge is -2.21. The Balaban J connectivity index is 1.95. The SMILES string of the molecule is CCCN(CCC)C(=O)c1ccc(NC(=S)NC(=O)c2ccc(C)cc2)cc1. The van der Waals surface area contributed by atoms with E-state index in [4.69, 9.17) is 12.2 Å². The Labute approximate surface area is 172 Å². The van der Waals surface area contributed by atoms with Gasteiger partial charge in [0.1, 0.15) is 0 Å². The molecule has 2 rings (SSSR count). The predicted octanol–water partition coefficient (Wildman–Crippen LogP) is 4.38. The Bertz CT molecular complexity index is 811. The van der Waals surface area contributed by atoms with Crippen LogP contribution in [0, 0.1) is 6.92 Å². The number of carbonyl (C=O) groups is 2. The summed E-state index contributed by atoms with van der Waals surface area (Å²) in [6.45, 7) is 7.60. The fourth-order valence-corrected chi connectivity index (χ4v) is 2.99. The number of carbonyl (C=O) groups excluding carboxylic acids is 2. The maximum Gasteiger partial charge on any atom is 0.257 e. The van der Waals surface area contributed by atoms with E-state index in [-0.39, 0.29) is 16.9 Å². The van der Waals surface area contributed by atoms with E-state index in [0.717, 1.165) is 31.5 Å². The average Bonchev–Trinajstić information content (AvgIpc) is 2.68. The third-order valence-electron chi connectivity index (χ3n) is 4.20. The van der Waals surface area contributed by atoms with Crippen LogP contribution in [-0.4, -0.2) is 34.9 Å². The maximum atomic E-state index is 12.6. The van der Waals surface area contributed by atoms with E-state index >= 15 is 0 Å². The Morgan fingerprint density at radius 3 is 1.96 bits per heavy atom. The molecule has 0 fully saturated rings. The van der Waals surface area contributed by atoms with Gasteiger partial charge in [-0.3, -0.25) is 14.9 Å². The minimum absolute atomic E-state index is 0.0329. The van der Waals surface area contributed by atoms with Crippen LogP contribution >= 0.6 is 12.2 Å². The fraction of sp³-hybridized carbons (Fsp3) is 0.318. The Hall–Kier alpha value is -2.73. The number of amides is 2. The number of anilines is 1. The number of aryl methyl sites for hydroxylation is 1. The van der Waals surface area contributed by atoms with Gasteiger partial charge < -0.3 is 10.2 Å². The van der Waals surface area contributed by atoms with Crippen LogP contribution < -0.4 is 10.6 Å². The fourth-order valence-electron chi connectivity index (χ4n) is 2.78. The van der Waals surface area contributed by atoms with Crippen molar-refractivity contribution < 1.29 is 9.59 Å². The van der Waals surface area contributed by atoms with Crippen molar-refractivity contribution in [3.05, 3.63) is 65.2 Å². The monoisotopic (exact) mass is 397 g/mol. The normalized spacial score (nSPS) is 10.2. The van der Waals surface area contributed by atoms with Gasteiger partial charge in [-0.15, -0.1) is 0 Å². The molecule has 28 heavy (non-hydrogen) atoms. The highest BCUT2D eigenvalue weighted by Gasteiger charge is 2.14. The molecule has 0 bridgehead atoms. The number of thiocarbonyl (C=S) groups is 1. The van der Waals surface area contributed by atoms with Crippen molar-refractivity contribution in [2.45, 2.75) is 33.6 Å². The van der Waals surface area contributed by atoms with Gasteiger partial charge in [0.2, 0.25) is 0 Å². The first kappa shape index (κ1) is 21.6. The minimum Gasteiger partial charge on any atom is -0.339 e. The second-order valence-corrected chi connectivity index (χ2v) is 7.05. The van der Waals surface area contributed by atoms with Gasteiger partial charge in [0, 0.05) is 29.9 Å². The van der Waals surface area contributed by atoms with Crippen LogP contribution in [-0.2, 0) is 0 Å². The highest BCUT2D eigenvalue weighted by atomic mass is 32.1. The number of benzene rings is 2. The number of hydrogen-bond acceptors (Lipinski definition) is 3. The molecular weight excluding hydrogens is 370 g/mol. The molecule has 5 nitrogen and oxygen atoms in total. The summed E-state index contributed by atoms with van der Waals surface area (Å²) < 4.78 is 0. The Morgan fingerprint density at radius 2 is 1.43 bits per heavy atom. The standard InChI is InChI=1S/C22H27N3O2S/c1-4-14-25(15-5-2)21(27)18-10-12-19(13-11-18)23-22(28)24-20(26)17-8-6-16(3)7-9-17/h6-13H,4-5,14-15H2,1-3H3,(H2,23,24,26,28). The largest absolute Gasteiger partial charge is 0.339 e. The summed E-state index contributed by atoms with van der Waals surface area (Å²) in [6.07, 6.45) is 1.86. The molecular formula is C22H27N3O2S. The van der Waals surface area contributed by atoms with E-state index in [1.807, 2.05) is 24.0 Å². The third-order valence-corrected chi connectivity index (χ3v) is 4.41. The molecule has 2 N–H and O–H groups in total. The van der Waals surface area contributed by atoms with Gasteiger partial charge in [0.15, 0.2) is 5.11 Å². The highest BCUT2D eigenvalue weighted by Crippen LogP contribution is 2.13. The molecule has 0 aliphatic carbocycles. The highest BCUT2D eigenvalue weighted by molar-refractivity contribution is 7.80. The van der Waals surface area contributed by atoms with Gasteiger partial charge in [0.05, 0.1) is 0 Å². The molecule has 0 saturated heterocycles. The lowest BCUT2D eigenvalue weighted by molar-refractivity contribution is 0.0755. The smallest absolute Gasteiger partial charge is 0.257 e. The molecule has 0 spiro atoms. The number of nitrogens with one attached hydrogen (secondary N) is 2. The van der Waals surface area contributed by atoms with Crippen LogP contribution in [0.5, 0.6) is 0 Å². The van der Waals surface area contributed by atoms with Crippen molar-refractivity contribution in [1.82, 2.24) is 10.2 Å². The van der Waals surface area contributed by atoms with Gasteiger partial charge in [-0.25, -0.2) is 0 Å². The van der Waals surface area contributed by atoms with Crippen molar-refractivity contribution >= 4 is 34.8 Å².